The van der Waals surface area contributed by atoms with Gasteiger partial charge in [-0.3, -0.25) is 34.2 Å². The van der Waals surface area contributed by atoms with E-state index in [4.69, 9.17) is 46.9 Å². The minimum absolute atomic E-state index is 0.0229. The van der Waals surface area contributed by atoms with Crippen molar-refractivity contribution in [1.29, 1.82) is 0 Å². The first-order valence-corrected chi connectivity index (χ1v) is 22.0. The molecule has 0 aliphatic carbocycles. The zero-order valence-corrected chi connectivity index (χ0v) is 38.3. The number of anilines is 2. The number of imide groups is 1. The molecule has 0 spiro atoms. The molecule has 0 unspecified atom stereocenters. The smallest absolute Gasteiger partial charge is 0.412 e. The molecule has 4 bridgehead atoms. The Morgan fingerprint density at radius 3 is 2.45 bits per heavy atom. The van der Waals surface area contributed by atoms with Crippen LogP contribution in [-0.4, -0.2) is 109 Å². The summed E-state index contributed by atoms with van der Waals surface area (Å²) in [4.78, 5) is 79.8. The normalized spacial score (nSPS) is 28.5. The van der Waals surface area contributed by atoms with E-state index in [-0.39, 0.29) is 59.0 Å². The molecule has 0 aromatic heterocycles. The van der Waals surface area contributed by atoms with Crippen LogP contribution in [0.4, 0.5) is 16.2 Å². The molecule has 17 heteroatoms. The van der Waals surface area contributed by atoms with Crippen molar-refractivity contribution in [3.8, 4) is 5.75 Å². The molecule has 7 atom stereocenters. The summed E-state index contributed by atoms with van der Waals surface area (Å²) in [6.45, 7) is 5.74. The highest BCUT2D eigenvalue weighted by molar-refractivity contribution is 6.35. The number of hydrogen-bond acceptors (Lipinski definition) is 12. The number of fused-ring (bicyclic) bond motifs is 5. The van der Waals surface area contributed by atoms with Crippen LogP contribution in [-0.2, 0) is 55.8 Å². The van der Waals surface area contributed by atoms with E-state index in [9.17, 15) is 33.9 Å². The van der Waals surface area contributed by atoms with Crippen molar-refractivity contribution < 1.29 is 57.6 Å². The van der Waals surface area contributed by atoms with Gasteiger partial charge in [-0.2, -0.15) is 0 Å². The van der Waals surface area contributed by atoms with E-state index >= 15 is 0 Å². The largest absolute Gasteiger partial charge is 0.495 e. The molecular weight excluding hydrogens is 869 g/mol. The summed E-state index contributed by atoms with van der Waals surface area (Å²) >= 11 is 13.4. The lowest BCUT2D eigenvalue weighted by atomic mass is 9.78. The van der Waals surface area contributed by atoms with Gasteiger partial charge in [0.15, 0.2) is 0 Å². The Balaban J connectivity index is 1.19. The van der Waals surface area contributed by atoms with Crippen LogP contribution in [0.1, 0.15) is 76.8 Å². The fourth-order valence-electron chi connectivity index (χ4n) is 8.63. The minimum atomic E-state index is -1.61. The highest BCUT2D eigenvalue weighted by Gasteiger charge is 2.64. The number of rotatable bonds is 12. The fraction of sp³-hybridized carbons (Fsp3) is 0.489. The van der Waals surface area contributed by atoms with Crippen LogP contribution < -0.4 is 15.0 Å². The van der Waals surface area contributed by atoms with Gasteiger partial charge in [0.1, 0.15) is 46.1 Å². The number of methoxy groups -OCH3 is 2. The van der Waals surface area contributed by atoms with E-state index in [2.05, 4.69) is 5.32 Å². The molecule has 2 fully saturated rings. The molecule has 15 nitrogen and oxygen atoms in total. The zero-order chi connectivity index (χ0) is 46.5. The fourth-order valence-corrected chi connectivity index (χ4v) is 9.20. The lowest BCUT2D eigenvalue weighted by Crippen LogP contribution is -2.53. The predicted molar refractivity (Wildman–Crippen MR) is 238 cm³/mol. The van der Waals surface area contributed by atoms with E-state index in [0.29, 0.717) is 55.6 Å². The molecule has 4 aliphatic heterocycles. The minimum Gasteiger partial charge on any atom is -0.495 e. The Morgan fingerprint density at radius 2 is 1.77 bits per heavy atom. The van der Waals surface area contributed by atoms with Crippen molar-refractivity contribution in [2.75, 3.05) is 38.0 Å². The number of amides is 4. The van der Waals surface area contributed by atoms with Gasteiger partial charge in [0.25, 0.3) is 11.8 Å². The topological polar surface area (TPSA) is 191 Å². The molecule has 4 amide bonds. The van der Waals surface area contributed by atoms with Crippen molar-refractivity contribution in [2.24, 2.45) is 5.92 Å². The highest BCUT2D eigenvalue weighted by Crippen LogP contribution is 2.50. The third-order valence-electron chi connectivity index (χ3n) is 12.4. The predicted octanol–water partition coefficient (Wildman–Crippen LogP) is 6.87. The van der Waals surface area contributed by atoms with Crippen LogP contribution in [0.2, 0.25) is 10.0 Å². The van der Waals surface area contributed by atoms with Crippen molar-refractivity contribution >= 4 is 70.1 Å². The summed E-state index contributed by atoms with van der Waals surface area (Å²) in [6.07, 6.45) is 5.45. The van der Waals surface area contributed by atoms with Crippen molar-refractivity contribution in [2.45, 2.75) is 114 Å². The number of epoxide rings is 1. The quantitative estimate of drug-likeness (QED) is 0.0974. The van der Waals surface area contributed by atoms with E-state index in [1.54, 1.807) is 63.4 Å². The number of esters is 1. The Bertz CT molecular complexity index is 2240. The Hall–Kier alpha value is -5.06. The van der Waals surface area contributed by atoms with Crippen LogP contribution >= 0.6 is 23.2 Å². The summed E-state index contributed by atoms with van der Waals surface area (Å²) in [5.74, 6) is -1.92. The van der Waals surface area contributed by atoms with Crippen LogP contribution in [0.3, 0.4) is 0 Å². The number of unbranched alkanes of at least 4 members (excludes halogenated alkanes) is 2. The molecule has 6 rings (SSSR count). The van der Waals surface area contributed by atoms with E-state index in [1.807, 2.05) is 13.0 Å². The lowest BCUT2D eigenvalue weighted by Gasteiger charge is -2.41. The first kappa shape index (κ1) is 48.4. The van der Waals surface area contributed by atoms with Crippen molar-refractivity contribution in [3.63, 3.8) is 0 Å². The average molecular weight is 925 g/mol. The number of ketones is 1. The standard InChI is InChI=1S/C47H55Cl2N3O12/c1-27-11-10-13-37(61-6)47(59)25-36(62-42(57)26-47)28(2)44-46(3,64-44)38(24-41(56)51(4)34-22-30(19-27)23-35(60-5)43(34)49)63-45(58)50-33-15-14-29(21-32(33)48)20-31(53)12-8-7-9-18-52-39(54)16-17-40(52)55/h10-11,13-17,21-23,28,36-38,44,59H,7-9,12,18-20,24-26H2,1-6H3,(H,50,58)/b13-10+,27-11+/t28-,36+,37-,38+,44+,46+,47-/m1/s1. The van der Waals surface area contributed by atoms with E-state index in [0.717, 1.165) is 11.1 Å². The molecule has 2 aromatic carbocycles. The Labute approximate surface area is 382 Å². The summed E-state index contributed by atoms with van der Waals surface area (Å²) in [5, 5.41) is 14.9. The summed E-state index contributed by atoms with van der Waals surface area (Å²) in [6, 6.07) is 8.36. The second-order valence-corrected chi connectivity index (χ2v) is 17.9. The summed E-state index contributed by atoms with van der Waals surface area (Å²) < 4.78 is 29.4. The molecule has 64 heavy (non-hydrogen) atoms. The first-order valence-electron chi connectivity index (χ1n) is 21.3. The number of aliphatic hydroxyl groups is 1. The maximum Gasteiger partial charge on any atom is 0.412 e. The summed E-state index contributed by atoms with van der Waals surface area (Å²) in [7, 11) is 4.50. The van der Waals surface area contributed by atoms with Gasteiger partial charge >= 0.3 is 12.1 Å². The molecule has 344 valence electrons. The molecule has 4 heterocycles. The Kier molecular flexibility index (Phi) is 15.4. The number of carbonyl (C=O) groups is 6. The van der Waals surface area contributed by atoms with Crippen LogP contribution in [0.5, 0.6) is 5.75 Å². The van der Waals surface area contributed by atoms with E-state index < -0.39 is 59.5 Å². The van der Waals surface area contributed by atoms with Gasteiger partial charge < -0.3 is 33.7 Å². The molecule has 0 radical (unpaired) electrons. The lowest BCUT2D eigenvalue weighted by molar-refractivity contribution is -0.187. The van der Waals surface area contributed by atoms with Crippen molar-refractivity contribution in [3.05, 3.63) is 87.5 Å². The van der Waals surface area contributed by atoms with Gasteiger partial charge in [-0.25, -0.2) is 4.79 Å². The molecule has 0 saturated carbocycles. The number of ether oxygens (including phenoxy) is 5. The molecular formula is C47H55Cl2N3O12. The average Bonchev–Trinajstić information content (AvgIpc) is 3.84. The number of nitrogens with one attached hydrogen (secondary N) is 1. The SMILES string of the molecule is COc1cc2cc(c1Cl)N(C)C(=O)C[C@H](OC(=O)Nc1ccc(CC(=O)CCCCCN3C(=O)C=CC3=O)cc1Cl)[C@]1(C)O[C@H]1[C@H](C)[C@@H]1C[C@@](O)(CC(=O)O1)[C@H](OC)/C=C/C=C(\C)C2. The van der Waals surface area contributed by atoms with Crippen LogP contribution in [0.25, 0.3) is 0 Å². The zero-order valence-electron chi connectivity index (χ0n) is 36.8. The van der Waals surface area contributed by atoms with Gasteiger partial charge in [0, 0.05) is 58.0 Å². The second-order valence-electron chi connectivity index (χ2n) is 17.1. The van der Waals surface area contributed by atoms with Crippen LogP contribution in [0, 0.1) is 5.92 Å². The summed E-state index contributed by atoms with van der Waals surface area (Å²) in [5.41, 5.74) is 0.0613. The Morgan fingerprint density at radius 1 is 1.03 bits per heavy atom. The number of benzene rings is 2. The van der Waals surface area contributed by atoms with Gasteiger partial charge in [-0.15, -0.1) is 0 Å². The second kappa shape index (κ2) is 20.4. The number of hydrogen-bond donors (Lipinski definition) is 2. The molecule has 2 aromatic rings. The highest BCUT2D eigenvalue weighted by atomic mass is 35.5. The molecule has 2 N–H and O–H groups in total. The van der Waals surface area contributed by atoms with Crippen LogP contribution in [0.15, 0.2) is 66.3 Å². The maximum absolute atomic E-state index is 14.2. The number of Topliss-reactive ketones (excluding diaryl/α,β-unsaturated/α-hetero) is 1. The van der Waals surface area contributed by atoms with Gasteiger partial charge in [-0.05, 0) is 68.5 Å². The van der Waals surface area contributed by atoms with E-state index in [1.165, 1.54) is 36.2 Å². The number of carbonyl (C=O) groups excluding carboxylic acids is 6. The monoisotopic (exact) mass is 923 g/mol. The molecule has 2 saturated heterocycles. The van der Waals surface area contributed by atoms with Gasteiger partial charge in [0.05, 0.1) is 42.5 Å². The first-order chi connectivity index (χ1) is 30.3. The number of allylic oxidation sites excluding steroid dienone is 3. The maximum atomic E-state index is 14.2. The molecule has 4 aliphatic rings. The van der Waals surface area contributed by atoms with Gasteiger partial charge in [-0.1, -0.05) is 66.4 Å². The third kappa shape index (κ3) is 11.2. The number of nitrogens with zero attached hydrogens (tertiary/aromatic N) is 2. The van der Waals surface area contributed by atoms with Gasteiger partial charge in [0.2, 0.25) is 5.91 Å². The third-order valence-corrected chi connectivity index (χ3v) is 13.1. The number of halogens is 2. The van der Waals surface area contributed by atoms with Crippen molar-refractivity contribution in [1.82, 2.24) is 4.90 Å².